The predicted molar refractivity (Wildman–Crippen MR) is 248 cm³/mol. The van der Waals surface area contributed by atoms with Crippen LogP contribution >= 0.6 is 0 Å². The molecule has 0 atom stereocenters. The molecule has 0 radical (unpaired) electrons. The molecule has 4 heteroatoms. The summed E-state index contributed by atoms with van der Waals surface area (Å²) in [6, 6.07) is 81.9. The highest BCUT2D eigenvalue weighted by atomic mass is 15.3. The minimum atomic E-state index is 0.786. The van der Waals surface area contributed by atoms with Gasteiger partial charge in [0.2, 0.25) is 0 Å². The van der Waals surface area contributed by atoms with E-state index in [0.717, 1.165) is 50.8 Å². The molecule has 0 unspecified atom stereocenters. The van der Waals surface area contributed by atoms with Crippen molar-refractivity contribution in [3.63, 3.8) is 0 Å². The van der Waals surface area contributed by atoms with Crippen LogP contribution in [-0.2, 0) is 0 Å². The predicted octanol–water partition coefficient (Wildman–Crippen LogP) is 14.4. The van der Waals surface area contributed by atoms with Gasteiger partial charge in [-0.3, -0.25) is 4.57 Å². The Morgan fingerprint density at radius 2 is 0.667 bits per heavy atom. The molecule has 0 saturated carbocycles. The molecular weight excluding hydrogens is 729 g/mol. The van der Waals surface area contributed by atoms with Gasteiger partial charge in [-0.15, -0.1) is 10.2 Å². The van der Waals surface area contributed by atoms with E-state index < -0.39 is 0 Å². The number of rotatable bonds is 8. The highest BCUT2D eigenvalue weighted by molar-refractivity contribution is 6.09. The monoisotopic (exact) mass is 766 g/mol. The first kappa shape index (κ1) is 35.1. The molecule has 2 aromatic heterocycles. The SMILES string of the molecule is c1ccc(-c2cccc(-n3c(-c4ccccc4)nnc3-c3ccc(-c4ccccc4-c4ccccc4-c4ccc(-n5c6ccccc6c6ccccc65)cc4)cc3)c2)cc1. The van der Waals surface area contributed by atoms with Crippen molar-refractivity contribution in [1.82, 2.24) is 19.3 Å². The zero-order chi connectivity index (χ0) is 39.8. The topological polar surface area (TPSA) is 35.6 Å². The number of hydrogen-bond donors (Lipinski definition) is 0. The standard InChI is InChI=1S/C56H38N4/c1-3-16-39(17-4-1)44-20-15-21-46(38-44)60-55(42-18-5-2-6-19-42)57-58-56(60)43-32-30-40(31-33-43)47-22-7-9-24-49(47)50-25-10-8-23-48(50)41-34-36-45(37-35-41)59-53-28-13-11-26-51(53)52-27-12-14-29-54(52)59/h1-38H. The highest BCUT2D eigenvalue weighted by Crippen LogP contribution is 2.40. The summed E-state index contributed by atoms with van der Waals surface area (Å²) < 4.78 is 4.54. The summed E-state index contributed by atoms with van der Waals surface area (Å²) in [6.07, 6.45) is 0. The highest BCUT2D eigenvalue weighted by Gasteiger charge is 2.19. The minimum Gasteiger partial charge on any atom is -0.309 e. The van der Waals surface area contributed by atoms with Crippen molar-refractivity contribution in [3.05, 3.63) is 231 Å². The van der Waals surface area contributed by atoms with Gasteiger partial charge in [-0.1, -0.05) is 194 Å². The fourth-order valence-electron chi connectivity index (χ4n) is 8.67. The fourth-order valence-corrected chi connectivity index (χ4v) is 8.67. The van der Waals surface area contributed by atoms with Crippen LogP contribution in [0.1, 0.15) is 0 Å². The van der Waals surface area contributed by atoms with Gasteiger partial charge in [0, 0.05) is 33.3 Å². The summed E-state index contributed by atoms with van der Waals surface area (Å²) in [5.41, 5.74) is 15.9. The molecule has 4 nitrogen and oxygen atoms in total. The first-order valence-corrected chi connectivity index (χ1v) is 20.3. The third-order valence-corrected chi connectivity index (χ3v) is 11.5. The Labute approximate surface area is 348 Å². The van der Waals surface area contributed by atoms with E-state index in [1.165, 1.54) is 49.6 Å². The Bertz CT molecular complexity index is 3230. The number of hydrogen-bond acceptors (Lipinski definition) is 2. The summed E-state index contributed by atoms with van der Waals surface area (Å²) in [7, 11) is 0. The van der Waals surface area contributed by atoms with Crippen LogP contribution in [0.5, 0.6) is 0 Å². The molecule has 9 aromatic carbocycles. The largest absolute Gasteiger partial charge is 0.309 e. The van der Waals surface area contributed by atoms with E-state index in [1.807, 2.05) is 24.3 Å². The second-order valence-corrected chi connectivity index (χ2v) is 15.1. The van der Waals surface area contributed by atoms with Gasteiger partial charge in [0.15, 0.2) is 11.6 Å². The van der Waals surface area contributed by atoms with Crippen molar-refractivity contribution in [2.24, 2.45) is 0 Å². The molecule has 0 spiro atoms. The van der Waals surface area contributed by atoms with E-state index in [-0.39, 0.29) is 0 Å². The van der Waals surface area contributed by atoms with Crippen LogP contribution in [0.4, 0.5) is 0 Å². The molecule has 0 amide bonds. The van der Waals surface area contributed by atoms with E-state index >= 15 is 0 Å². The summed E-state index contributed by atoms with van der Waals surface area (Å²) >= 11 is 0. The molecule has 2 heterocycles. The molecule has 0 bridgehead atoms. The van der Waals surface area contributed by atoms with Gasteiger partial charge in [-0.25, -0.2) is 0 Å². The number of benzene rings is 9. The normalized spacial score (nSPS) is 11.3. The first-order chi connectivity index (χ1) is 29.8. The van der Waals surface area contributed by atoms with E-state index in [1.54, 1.807) is 0 Å². The van der Waals surface area contributed by atoms with E-state index in [2.05, 4.69) is 215 Å². The van der Waals surface area contributed by atoms with Crippen LogP contribution < -0.4 is 0 Å². The van der Waals surface area contributed by atoms with Crippen molar-refractivity contribution in [2.75, 3.05) is 0 Å². The van der Waals surface area contributed by atoms with E-state index in [4.69, 9.17) is 10.2 Å². The molecule has 0 fully saturated rings. The molecule has 0 aliphatic heterocycles. The van der Waals surface area contributed by atoms with Crippen molar-refractivity contribution < 1.29 is 0 Å². The zero-order valence-corrected chi connectivity index (χ0v) is 32.7. The second-order valence-electron chi connectivity index (χ2n) is 15.1. The molecule has 282 valence electrons. The van der Waals surface area contributed by atoms with Crippen molar-refractivity contribution in [1.29, 1.82) is 0 Å². The van der Waals surface area contributed by atoms with Crippen molar-refractivity contribution in [3.8, 4) is 78.7 Å². The molecule has 11 rings (SSSR count). The third-order valence-electron chi connectivity index (χ3n) is 11.5. The van der Waals surface area contributed by atoms with Crippen LogP contribution in [0.25, 0.3) is 100 Å². The Kier molecular flexibility index (Phi) is 8.79. The molecule has 0 aliphatic carbocycles. The number of nitrogens with zero attached hydrogens (tertiary/aromatic N) is 4. The summed E-state index contributed by atoms with van der Waals surface area (Å²) in [6.45, 7) is 0. The lowest BCUT2D eigenvalue weighted by Crippen LogP contribution is -2.01. The Morgan fingerprint density at radius 1 is 0.250 bits per heavy atom. The van der Waals surface area contributed by atoms with Gasteiger partial charge in [-0.2, -0.15) is 0 Å². The molecule has 0 N–H and O–H groups in total. The lowest BCUT2D eigenvalue weighted by molar-refractivity contribution is 1.07. The van der Waals surface area contributed by atoms with Crippen molar-refractivity contribution in [2.45, 2.75) is 0 Å². The maximum atomic E-state index is 4.82. The van der Waals surface area contributed by atoms with E-state index in [0.29, 0.717) is 0 Å². The Balaban J connectivity index is 0.958. The molecule has 11 aromatic rings. The number of para-hydroxylation sites is 2. The van der Waals surface area contributed by atoms with Crippen LogP contribution in [0.15, 0.2) is 231 Å². The van der Waals surface area contributed by atoms with Gasteiger partial charge in [-0.05, 0) is 80.9 Å². The lowest BCUT2D eigenvalue weighted by atomic mass is 9.89. The molecule has 0 saturated heterocycles. The Morgan fingerprint density at radius 3 is 1.23 bits per heavy atom. The van der Waals surface area contributed by atoms with Gasteiger partial charge >= 0.3 is 0 Å². The number of fused-ring (bicyclic) bond motifs is 3. The van der Waals surface area contributed by atoms with Gasteiger partial charge in [0.1, 0.15) is 0 Å². The first-order valence-electron chi connectivity index (χ1n) is 20.3. The summed E-state index contributed by atoms with van der Waals surface area (Å²) in [4.78, 5) is 0. The minimum absolute atomic E-state index is 0.786. The number of aromatic nitrogens is 4. The average molecular weight is 767 g/mol. The van der Waals surface area contributed by atoms with Crippen LogP contribution in [0, 0.1) is 0 Å². The van der Waals surface area contributed by atoms with Crippen molar-refractivity contribution >= 4 is 21.8 Å². The molecule has 60 heavy (non-hydrogen) atoms. The third kappa shape index (κ3) is 6.19. The average Bonchev–Trinajstić information content (AvgIpc) is 3.93. The Hall–Kier alpha value is -8.08. The summed E-state index contributed by atoms with van der Waals surface area (Å²) in [5.74, 6) is 1.58. The maximum Gasteiger partial charge on any atom is 0.168 e. The lowest BCUT2D eigenvalue weighted by Gasteiger charge is -2.16. The fraction of sp³-hybridized carbons (Fsp3) is 0. The van der Waals surface area contributed by atoms with E-state index in [9.17, 15) is 0 Å². The van der Waals surface area contributed by atoms with Gasteiger partial charge < -0.3 is 4.57 Å². The second kappa shape index (κ2) is 15.0. The van der Waals surface area contributed by atoms with Crippen LogP contribution in [0.3, 0.4) is 0 Å². The van der Waals surface area contributed by atoms with Gasteiger partial charge in [0.05, 0.1) is 11.0 Å². The van der Waals surface area contributed by atoms with Crippen LogP contribution in [-0.4, -0.2) is 19.3 Å². The molecular formula is C56H38N4. The summed E-state index contributed by atoms with van der Waals surface area (Å²) in [5, 5.41) is 12.1. The van der Waals surface area contributed by atoms with Gasteiger partial charge in [0.25, 0.3) is 0 Å². The smallest absolute Gasteiger partial charge is 0.168 e. The quantitative estimate of drug-likeness (QED) is 0.154. The molecule has 0 aliphatic rings. The zero-order valence-electron chi connectivity index (χ0n) is 32.7. The van der Waals surface area contributed by atoms with Crippen LogP contribution in [0.2, 0.25) is 0 Å². The maximum absolute atomic E-state index is 4.82.